The van der Waals surface area contributed by atoms with E-state index < -0.39 is 41.7 Å². The number of imide groups is 1. The molecule has 1 aromatic carbocycles. The van der Waals surface area contributed by atoms with Gasteiger partial charge in [-0.3, -0.25) is 0 Å². The van der Waals surface area contributed by atoms with Gasteiger partial charge in [-0.25, -0.2) is 19.6 Å². The van der Waals surface area contributed by atoms with Crippen LogP contribution in [0.15, 0.2) is 42.9 Å². The van der Waals surface area contributed by atoms with Gasteiger partial charge in [0.2, 0.25) is 0 Å². The molecule has 0 atom stereocenters. The Hall–Kier alpha value is -3.48. The Labute approximate surface area is 265 Å². The van der Waals surface area contributed by atoms with Crippen LogP contribution in [0.2, 0.25) is 0 Å². The molecule has 1 aliphatic heterocycles. The first-order valence-corrected chi connectivity index (χ1v) is 15.5. The van der Waals surface area contributed by atoms with Gasteiger partial charge in [-0.2, -0.15) is 4.90 Å². The Kier molecular flexibility index (Phi) is 8.56. The van der Waals surface area contributed by atoms with Crippen LogP contribution in [0.4, 0.5) is 15.4 Å². The molecule has 0 spiro atoms. The molecular formula is C33H45BN4O7. The van der Waals surface area contributed by atoms with Gasteiger partial charge in [0.25, 0.3) is 0 Å². The van der Waals surface area contributed by atoms with Crippen LogP contribution in [0.5, 0.6) is 0 Å². The zero-order valence-corrected chi connectivity index (χ0v) is 28.0. The van der Waals surface area contributed by atoms with E-state index >= 15 is 0 Å². The number of benzene rings is 1. The minimum atomic E-state index is -0.914. The molecule has 1 saturated carbocycles. The van der Waals surface area contributed by atoms with E-state index in [0.29, 0.717) is 23.1 Å². The van der Waals surface area contributed by atoms with Gasteiger partial charge in [-0.1, -0.05) is 30.3 Å². The van der Waals surface area contributed by atoms with Crippen LogP contribution in [0.3, 0.4) is 0 Å². The van der Waals surface area contributed by atoms with Gasteiger partial charge in [0, 0.05) is 17.7 Å². The summed E-state index contributed by atoms with van der Waals surface area (Å²) in [6.45, 7) is 18.8. The number of nitrogens with zero attached hydrogens (tertiary/aromatic N) is 4. The maximum atomic E-state index is 13.7. The fourth-order valence-electron chi connectivity index (χ4n) is 5.25. The minimum absolute atomic E-state index is 0.0307. The quantitative estimate of drug-likeness (QED) is 0.292. The molecule has 2 aromatic heterocycles. The van der Waals surface area contributed by atoms with Crippen LogP contribution in [0, 0.1) is 0 Å². The van der Waals surface area contributed by atoms with Crippen molar-refractivity contribution in [3.8, 4) is 0 Å². The Morgan fingerprint density at radius 2 is 1.49 bits per heavy atom. The summed E-state index contributed by atoms with van der Waals surface area (Å²) in [5.41, 5.74) is -0.777. The summed E-state index contributed by atoms with van der Waals surface area (Å²) in [6, 6.07) is 10.1. The zero-order chi connectivity index (χ0) is 32.9. The lowest BCUT2D eigenvalue weighted by molar-refractivity contribution is -0.0347. The van der Waals surface area contributed by atoms with Crippen molar-refractivity contribution in [1.29, 1.82) is 0 Å². The highest BCUT2D eigenvalue weighted by atomic mass is 16.7. The second kappa shape index (κ2) is 11.7. The number of rotatable bonds is 6. The molecule has 0 unspecified atom stereocenters. The fourth-order valence-corrected chi connectivity index (χ4v) is 5.25. The maximum absolute atomic E-state index is 13.7. The molecule has 0 bridgehead atoms. The zero-order valence-electron chi connectivity index (χ0n) is 28.0. The molecule has 2 amide bonds. The van der Waals surface area contributed by atoms with Gasteiger partial charge in [0.05, 0.1) is 29.3 Å². The predicted molar refractivity (Wildman–Crippen MR) is 171 cm³/mol. The van der Waals surface area contributed by atoms with E-state index in [9.17, 15) is 9.59 Å². The average molecular weight is 621 g/mol. The summed E-state index contributed by atoms with van der Waals surface area (Å²) in [5, 5.41) is 0.446. The molecule has 0 radical (unpaired) electrons. The van der Waals surface area contributed by atoms with E-state index in [1.807, 2.05) is 68.8 Å². The van der Waals surface area contributed by atoms with Gasteiger partial charge in [0.1, 0.15) is 23.2 Å². The molecule has 5 rings (SSSR count). The summed E-state index contributed by atoms with van der Waals surface area (Å²) < 4.78 is 32.5. The highest BCUT2D eigenvalue weighted by molar-refractivity contribution is 6.65. The van der Waals surface area contributed by atoms with Crippen molar-refractivity contribution >= 4 is 41.6 Å². The molecule has 12 heteroatoms. The number of fused-ring (bicyclic) bond motifs is 1. The number of aromatic nitrogens is 3. The highest BCUT2D eigenvalue weighted by Crippen LogP contribution is 2.41. The number of carbonyl (C=O) groups excluding carboxylic acids is 2. The Morgan fingerprint density at radius 3 is 2.02 bits per heavy atom. The summed E-state index contributed by atoms with van der Waals surface area (Å²) in [7, 11) is -0.812. The maximum Gasteiger partial charge on any atom is 0.497 e. The van der Waals surface area contributed by atoms with E-state index in [-0.39, 0.29) is 18.0 Å². The van der Waals surface area contributed by atoms with E-state index in [0.717, 1.165) is 23.3 Å². The number of anilines is 1. The monoisotopic (exact) mass is 620 g/mol. The van der Waals surface area contributed by atoms with E-state index in [1.54, 1.807) is 41.5 Å². The van der Waals surface area contributed by atoms with Gasteiger partial charge in [0.15, 0.2) is 5.82 Å². The van der Waals surface area contributed by atoms with Gasteiger partial charge < -0.3 is 28.1 Å². The predicted octanol–water partition coefficient (Wildman–Crippen LogP) is 6.33. The smallest absolute Gasteiger partial charge is 0.443 e. The summed E-state index contributed by atoms with van der Waals surface area (Å²) in [6.07, 6.45) is 3.05. The molecule has 0 N–H and O–H groups in total. The molecular weight excluding hydrogens is 575 g/mol. The second-order valence-corrected chi connectivity index (χ2v) is 14.8. The van der Waals surface area contributed by atoms with Gasteiger partial charge >= 0.3 is 19.3 Å². The molecule has 1 aliphatic carbocycles. The summed E-state index contributed by atoms with van der Waals surface area (Å²) in [5.74, 6) is 0.0307. The lowest BCUT2D eigenvalue weighted by atomic mass is 9.79. The molecule has 45 heavy (non-hydrogen) atoms. The van der Waals surface area contributed by atoms with Crippen molar-refractivity contribution in [1.82, 2.24) is 14.5 Å². The molecule has 2 fully saturated rings. The first-order chi connectivity index (χ1) is 20.9. The summed E-state index contributed by atoms with van der Waals surface area (Å²) >= 11 is 0. The first-order valence-electron chi connectivity index (χ1n) is 15.5. The molecule has 3 aromatic rings. The Balaban J connectivity index is 1.56. The third-order valence-electron chi connectivity index (χ3n) is 8.28. The fraction of sp³-hybridized carbons (Fsp3) is 0.576. The number of hydrogen-bond acceptors (Lipinski definition) is 9. The van der Waals surface area contributed by atoms with E-state index in [1.165, 1.54) is 6.33 Å². The van der Waals surface area contributed by atoms with Crippen molar-refractivity contribution in [2.45, 2.75) is 123 Å². The largest absolute Gasteiger partial charge is 0.497 e. The summed E-state index contributed by atoms with van der Waals surface area (Å²) in [4.78, 5) is 37.3. The van der Waals surface area contributed by atoms with Crippen LogP contribution in [0.25, 0.3) is 11.0 Å². The third-order valence-corrected chi connectivity index (χ3v) is 8.28. The Morgan fingerprint density at radius 1 is 0.933 bits per heavy atom. The van der Waals surface area contributed by atoms with Crippen molar-refractivity contribution in [3.05, 3.63) is 48.4 Å². The van der Waals surface area contributed by atoms with Crippen LogP contribution in [-0.4, -0.2) is 62.3 Å². The van der Waals surface area contributed by atoms with Crippen LogP contribution < -0.4 is 10.4 Å². The number of carbonyl (C=O) groups is 2. The highest BCUT2D eigenvalue weighted by Gasteiger charge is 2.53. The molecule has 242 valence electrons. The second-order valence-electron chi connectivity index (χ2n) is 14.8. The average Bonchev–Trinajstić information content (AvgIpc) is 3.35. The standard InChI is InChI=1S/C33H45BN4O7/c1-30(2,3)42-28(39)38(29(40)43-31(4,5)6)27-25-24(34-44-32(7,8)33(9,10)45-34)18-37(26(25)35-20-36-27)22-16-23(17-22)41-19-21-14-12-11-13-15-21/h11-15,18,20,22-23H,16-17,19H2,1-10H3. The van der Waals surface area contributed by atoms with Crippen LogP contribution in [0.1, 0.15) is 93.7 Å². The number of ether oxygens (including phenoxy) is 3. The normalized spacial score (nSPS) is 21.0. The first kappa shape index (κ1) is 32.9. The lowest BCUT2D eigenvalue weighted by Gasteiger charge is -2.36. The van der Waals surface area contributed by atoms with Crippen molar-refractivity contribution in [3.63, 3.8) is 0 Å². The topological polar surface area (TPSA) is 114 Å². The van der Waals surface area contributed by atoms with Crippen molar-refractivity contribution < 1.29 is 33.1 Å². The lowest BCUT2D eigenvalue weighted by Crippen LogP contribution is -2.45. The van der Waals surface area contributed by atoms with Gasteiger partial charge in [-0.15, -0.1) is 0 Å². The van der Waals surface area contributed by atoms with Crippen molar-refractivity contribution in [2.75, 3.05) is 4.90 Å². The number of hydrogen-bond donors (Lipinski definition) is 0. The van der Waals surface area contributed by atoms with Crippen molar-refractivity contribution in [2.24, 2.45) is 0 Å². The van der Waals surface area contributed by atoms with E-state index in [4.69, 9.17) is 23.5 Å². The molecule has 11 nitrogen and oxygen atoms in total. The van der Waals surface area contributed by atoms with E-state index in [2.05, 4.69) is 9.97 Å². The number of amides is 2. The minimum Gasteiger partial charge on any atom is -0.443 e. The third kappa shape index (κ3) is 7.03. The van der Waals surface area contributed by atoms with Crippen LogP contribution in [-0.2, 0) is 30.1 Å². The molecule has 3 heterocycles. The molecule has 2 aliphatic rings. The molecule has 1 saturated heterocycles. The Bertz CT molecular complexity index is 1510. The van der Waals surface area contributed by atoms with Crippen LogP contribution >= 0.6 is 0 Å². The van der Waals surface area contributed by atoms with Gasteiger partial charge in [-0.05, 0) is 87.6 Å². The SMILES string of the molecule is CC(C)(C)OC(=O)N(C(=O)OC(C)(C)C)c1ncnc2c1c(B1OC(C)(C)C(C)(C)O1)cn2C1CC(OCc2ccccc2)C1.